The van der Waals surface area contributed by atoms with Crippen molar-refractivity contribution in [2.45, 2.75) is 29.9 Å². The predicted molar refractivity (Wildman–Crippen MR) is 47.3 cm³/mol. The smallest absolute Gasteiger partial charge is 0.169 e. The number of aliphatic hydroxyl groups is 4. The Bertz CT molecular complexity index is 167. The summed E-state index contributed by atoms with van der Waals surface area (Å²) in [6.07, 6.45) is -2.58. The van der Waals surface area contributed by atoms with Crippen LogP contribution < -0.4 is 0 Å². The lowest BCUT2D eigenvalue weighted by Crippen LogP contribution is -2.57. The SMILES string of the molecule is CSC1C(O)OC(CO)C(O)C1O. The molecule has 0 aromatic carbocycles. The Labute approximate surface area is 80.3 Å². The summed E-state index contributed by atoms with van der Waals surface area (Å²) in [5, 5.41) is 36.4. The van der Waals surface area contributed by atoms with Crippen molar-refractivity contribution in [2.24, 2.45) is 0 Å². The van der Waals surface area contributed by atoms with Crippen molar-refractivity contribution in [1.82, 2.24) is 0 Å². The number of ether oxygens (including phenoxy) is 1. The molecule has 0 bridgehead atoms. The minimum atomic E-state index is -1.15. The molecule has 78 valence electrons. The highest BCUT2D eigenvalue weighted by Crippen LogP contribution is 2.27. The minimum Gasteiger partial charge on any atom is -0.394 e. The van der Waals surface area contributed by atoms with E-state index in [1.807, 2.05) is 0 Å². The van der Waals surface area contributed by atoms with E-state index >= 15 is 0 Å². The standard InChI is InChI=1S/C7H14O5S/c1-13-6-5(10)4(9)3(2-8)12-7(6)11/h3-11H,2H2,1H3. The molecule has 4 N–H and O–H groups in total. The van der Waals surface area contributed by atoms with Crippen molar-refractivity contribution in [2.75, 3.05) is 12.9 Å². The van der Waals surface area contributed by atoms with E-state index in [2.05, 4.69) is 0 Å². The van der Waals surface area contributed by atoms with Gasteiger partial charge >= 0.3 is 0 Å². The zero-order valence-corrected chi connectivity index (χ0v) is 8.02. The molecular formula is C7H14O5S. The maximum atomic E-state index is 9.49. The summed E-state index contributed by atoms with van der Waals surface area (Å²) in [5.74, 6) is 0. The van der Waals surface area contributed by atoms with E-state index in [0.717, 1.165) is 0 Å². The summed E-state index contributed by atoms with van der Waals surface area (Å²) in [4.78, 5) is 0. The van der Waals surface area contributed by atoms with Crippen LogP contribution in [0.1, 0.15) is 0 Å². The average Bonchev–Trinajstić information content (AvgIpc) is 2.12. The molecule has 6 heteroatoms. The van der Waals surface area contributed by atoms with Gasteiger partial charge in [0.1, 0.15) is 12.2 Å². The molecule has 1 fully saturated rings. The number of aliphatic hydroxyl groups excluding tert-OH is 4. The predicted octanol–water partition coefficient (Wildman–Crippen LogP) is -1.85. The zero-order chi connectivity index (χ0) is 10.0. The number of hydrogen-bond acceptors (Lipinski definition) is 6. The van der Waals surface area contributed by atoms with Crippen molar-refractivity contribution in [1.29, 1.82) is 0 Å². The monoisotopic (exact) mass is 210 g/mol. The van der Waals surface area contributed by atoms with Gasteiger partial charge < -0.3 is 25.2 Å². The first-order valence-electron chi connectivity index (χ1n) is 3.95. The van der Waals surface area contributed by atoms with Crippen LogP contribution in [0.4, 0.5) is 0 Å². The normalized spacial score (nSPS) is 46.4. The first-order chi connectivity index (χ1) is 6.11. The molecule has 0 saturated carbocycles. The topological polar surface area (TPSA) is 90.2 Å². The molecule has 1 saturated heterocycles. The average molecular weight is 210 g/mol. The fraction of sp³-hybridized carbons (Fsp3) is 1.00. The summed E-state index contributed by atoms with van der Waals surface area (Å²) in [5.41, 5.74) is 0. The Hall–Kier alpha value is 0.150. The van der Waals surface area contributed by atoms with Gasteiger partial charge in [0.25, 0.3) is 0 Å². The molecule has 5 unspecified atom stereocenters. The van der Waals surface area contributed by atoms with Crippen molar-refractivity contribution in [3.05, 3.63) is 0 Å². The molecule has 0 spiro atoms. The van der Waals surface area contributed by atoms with Crippen molar-refractivity contribution < 1.29 is 25.2 Å². The number of thioether (sulfide) groups is 1. The summed E-state index contributed by atoms with van der Waals surface area (Å²) in [7, 11) is 0. The number of rotatable bonds is 2. The zero-order valence-electron chi connectivity index (χ0n) is 7.20. The third-order valence-corrected chi connectivity index (χ3v) is 3.17. The lowest BCUT2D eigenvalue weighted by molar-refractivity contribution is -0.234. The van der Waals surface area contributed by atoms with Crippen LogP contribution in [0, 0.1) is 0 Å². The van der Waals surface area contributed by atoms with Crippen LogP contribution in [0.3, 0.4) is 0 Å². The largest absolute Gasteiger partial charge is 0.394 e. The molecule has 13 heavy (non-hydrogen) atoms. The summed E-state index contributed by atoms with van der Waals surface area (Å²) >= 11 is 1.21. The Morgan fingerprint density at radius 1 is 1.23 bits per heavy atom. The molecule has 0 aromatic heterocycles. The van der Waals surface area contributed by atoms with Gasteiger partial charge in [0, 0.05) is 0 Å². The summed E-state index contributed by atoms with van der Waals surface area (Å²) in [6, 6.07) is 0. The fourth-order valence-corrected chi connectivity index (χ4v) is 2.06. The van der Waals surface area contributed by atoms with Crippen LogP contribution in [0.25, 0.3) is 0 Å². The van der Waals surface area contributed by atoms with Crippen molar-refractivity contribution in [3.63, 3.8) is 0 Å². The van der Waals surface area contributed by atoms with E-state index in [-0.39, 0.29) is 0 Å². The van der Waals surface area contributed by atoms with Gasteiger partial charge in [-0.15, -0.1) is 0 Å². The molecule has 1 aliphatic rings. The van der Waals surface area contributed by atoms with Gasteiger partial charge in [0.05, 0.1) is 18.0 Å². The highest BCUT2D eigenvalue weighted by atomic mass is 32.2. The Kier molecular flexibility index (Phi) is 3.96. The highest BCUT2D eigenvalue weighted by molar-refractivity contribution is 7.99. The first kappa shape index (κ1) is 11.2. The minimum absolute atomic E-state index is 0.420. The van der Waals surface area contributed by atoms with Gasteiger partial charge in [0.15, 0.2) is 6.29 Å². The lowest BCUT2D eigenvalue weighted by Gasteiger charge is -2.39. The Balaban J connectivity index is 2.66. The molecule has 1 heterocycles. The van der Waals surface area contributed by atoms with Crippen LogP contribution in [-0.4, -0.2) is 63.1 Å². The second-order valence-electron chi connectivity index (χ2n) is 2.93. The molecule has 1 rings (SSSR count). The highest BCUT2D eigenvalue weighted by Gasteiger charge is 2.42. The maximum Gasteiger partial charge on any atom is 0.169 e. The van der Waals surface area contributed by atoms with E-state index < -0.39 is 36.5 Å². The summed E-state index contributed by atoms with van der Waals surface area (Å²) in [6.45, 7) is -0.420. The Morgan fingerprint density at radius 2 is 1.85 bits per heavy atom. The van der Waals surface area contributed by atoms with Crippen molar-refractivity contribution >= 4 is 11.8 Å². The number of hydrogen-bond donors (Lipinski definition) is 4. The van der Waals surface area contributed by atoms with Crippen LogP contribution in [0.15, 0.2) is 0 Å². The van der Waals surface area contributed by atoms with Gasteiger partial charge in [-0.05, 0) is 6.26 Å². The third-order valence-electron chi connectivity index (χ3n) is 2.11. The van der Waals surface area contributed by atoms with E-state index in [1.54, 1.807) is 6.26 Å². The molecule has 0 aromatic rings. The molecule has 0 aliphatic carbocycles. The van der Waals surface area contributed by atoms with Gasteiger partial charge in [-0.1, -0.05) is 0 Å². The molecule has 1 aliphatic heterocycles. The van der Waals surface area contributed by atoms with Gasteiger partial charge in [-0.2, -0.15) is 11.8 Å². The summed E-state index contributed by atoms with van der Waals surface area (Å²) < 4.78 is 4.90. The van der Waals surface area contributed by atoms with Gasteiger partial charge in [0.2, 0.25) is 0 Å². The second kappa shape index (κ2) is 4.59. The molecule has 5 atom stereocenters. The molecule has 0 radical (unpaired) electrons. The van der Waals surface area contributed by atoms with E-state index in [9.17, 15) is 15.3 Å². The van der Waals surface area contributed by atoms with Gasteiger partial charge in [-0.25, -0.2) is 0 Å². The third kappa shape index (κ3) is 2.15. The van der Waals surface area contributed by atoms with Crippen LogP contribution in [-0.2, 0) is 4.74 Å². The fourth-order valence-electron chi connectivity index (χ4n) is 1.33. The molecule has 0 amide bonds. The first-order valence-corrected chi connectivity index (χ1v) is 5.24. The lowest BCUT2D eigenvalue weighted by atomic mass is 10.0. The molecular weight excluding hydrogens is 196 g/mol. The second-order valence-corrected chi connectivity index (χ2v) is 3.94. The molecule has 5 nitrogen and oxygen atoms in total. The van der Waals surface area contributed by atoms with Gasteiger partial charge in [-0.3, -0.25) is 0 Å². The van der Waals surface area contributed by atoms with E-state index in [4.69, 9.17) is 9.84 Å². The van der Waals surface area contributed by atoms with Crippen molar-refractivity contribution in [3.8, 4) is 0 Å². The Morgan fingerprint density at radius 3 is 2.31 bits per heavy atom. The van der Waals surface area contributed by atoms with E-state index in [1.165, 1.54) is 11.8 Å². The van der Waals surface area contributed by atoms with Crippen LogP contribution in [0.2, 0.25) is 0 Å². The quantitative estimate of drug-likeness (QED) is 0.428. The van der Waals surface area contributed by atoms with Crippen LogP contribution >= 0.6 is 11.8 Å². The van der Waals surface area contributed by atoms with E-state index in [0.29, 0.717) is 0 Å². The maximum absolute atomic E-state index is 9.49. The van der Waals surface area contributed by atoms with Crippen LogP contribution in [0.5, 0.6) is 0 Å².